The van der Waals surface area contributed by atoms with E-state index in [4.69, 9.17) is 16.3 Å². The number of ether oxygens (including phenoxy) is 1. The van der Waals surface area contributed by atoms with Crippen LogP contribution in [0.4, 0.5) is 0 Å². The van der Waals surface area contributed by atoms with Crippen molar-refractivity contribution in [1.29, 1.82) is 0 Å². The van der Waals surface area contributed by atoms with E-state index in [2.05, 4.69) is 26.0 Å². The molecule has 0 saturated heterocycles. The number of alkyl halides is 1. The fourth-order valence-corrected chi connectivity index (χ4v) is 2.10. The molecule has 0 aliphatic carbocycles. The van der Waals surface area contributed by atoms with Gasteiger partial charge >= 0.3 is 0 Å². The zero-order chi connectivity index (χ0) is 10.6. The summed E-state index contributed by atoms with van der Waals surface area (Å²) >= 11 is 6.14. The van der Waals surface area contributed by atoms with Crippen LogP contribution in [-0.2, 0) is 4.74 Å². The van der Waals surface area contributed by atoms with Crippen LogP contribution < -0.4 is 0 Å². The van der Waals surface area contributed by atoms with Gasteiger partial charge in [0, 0.05) is 13.0 Å². The highest BCUT2D eigenvalue weighted by Crippen LogP contribution is 2.31. The van der Waals surface area contributed by atoms with Crippen molar-refractivity contribution in [2.75, 3.05) is 7.11 Å². The largest absolute Gasteiger partial charge is 0.365 e. The third kappa shape index (κ3) is 2.73. The van der Waals surface area contributed by atoms with Crippen LogP contribution in [0.15, 0.2) is 30.3 Å². The van der Waals surface area contributed by atoms with E-state index in [9.17, 15) is 0 Å². The molecule has 1 rings (SSSR count). The van der Waals surface area contributed by atoms with Crippen molar-refractivity contribution in [1.82, 2.24) is 0 Å². The van der Waals surface area contributed by atoms with Crippen molar-refractivity contribution in [3.63, 3.8) is 0 Å². The van der Waals surface area contributed by atoms with Crippen LogP contribution in [0.25, 0.3) is 0 Å². The van der Waals surface area contributed by atoms with Gasteiger partial charge in [0.2, 0.25) is 0 Å². The molecule has 0 fully saturated rings. The summed E-state index contributed by atoms with van der Waals surface area (Å²) in [5.74, 6) is 0.725. The Morgan fingerprint density at radius 2 is 1.71 bits per heavy atom. The second-order valence-corrected chi connectivity index (χ2v) is 4.20. The smallest absolute Gasteiger partial charge is 0.137 e. The third-order valence-corrected chi connectivity index (χ3v) is 2.86. The first-order valence-electron chi connectivity index (χ1n) is 4.88. The summed E-state index contributed by atoms with van der Waals surface area (Å²) in [6.07, 6.45) is 0. The van der Waals surface area contributed by atoms with Gasteiger partial charge in [-0.3, -0.25) is 0 Å². The molecule has 1 aromatic rings. The lowest BCUT2D eigenvalue weighted by Gasteiger charge is -2.25. The van der Waals surface area contributed by atoms with Crippen molar-refractivity contribution in [3.8, 4) is 0 Å². The molecule has 14 heavy (non-hydrogen) atoms. The van der Waals surface area contributed by atoms with E-state index < -0.39 is 0 Å². The lowest BCUT2D eigenvalue weighted by molar-refractivity contribution is 0.127. The summed E-state index contributed by atoms with van der Waals surface area (Å²) in [6, 6.07) is 10.3. The molecule has 2 heteroatoms. The monoisotopic (exact) mass is 212 g/mol. The molecule has 0 saturated carbocycles. The topological polar surface area (TPSA) is 9.23 Å². The molecule has 0 aliphatic heterocycles. The predicted octanol–water partition coefficient (Wildman–Crippen LogP) is 3.64. The molecule has 1 aromatic carbocycles. The molecule has 78 valence electrons. The number of hydrogen-bond donors (Lipinski definition) is 0. The Morgan fingerprint density at radius 3 is 2.14 bits per heavy atom. The first-order chi connectivity index (χ1) is 6.66. The van der Waals surface area contributed by atoms with Gasteiger partial charge in [0.25, 0.3) is 0 Å². The molecule has 2 atom stereocenters. The second-order valence-electron chi connectivity index (χ2n) is 3.77. The molecule has 0 aromatic heterocycles. The van der Waals surface area contributed by atoms with Crippen LogP contribution in [0.1, 0.15) is 25.3 Å². The second kappa shape index (κ2) is 5.38. The number of methoxy groups -OCH3 is 1. The quantitative estimate of drug-likeness (QED) is 0.693. The Kier molecular flexibility index (Phi) is 4.43. The highest BCUT2D eigenvalue weighted by Gasteiger charge is 2.23. The molecule has 0 spiro atoms. The first-order valence-corrected chi connectivity index (χ1v) is 5.32. The summed E-state index contributed by atoms with van der Waals surface area (Å²) < 4.78 is 5.19. The normalized spacial score (nSPS) is 15.5. The highest BCUT2D eigenvalue weighted by molar-refractivity contribution is 6.20. The average molecular weight is 213 g/mol. The minimum Gasteiger partial charge on any atom is -0.365 e. The standard InChI is InChI=1S/C12H17ClO/c1-9(2)11(12(13)14-3)10-7-5-4-6-8-10/h4-9,11-12H,1-3H3. The Morgan fingerprint density at radius 1 is 1.14 bits per heavy atom. The SMILES string of the molecule is COC(Cl)C(c1ccccc1)C(C)C. The van der Waals surface area contributed by atoms with Gasteiger partial charge in [-0.2, -0.15) is 0 Å². The molecule has 2 unspecified atom stereocenters. The number of hydrogen-bond acceptors (Lipinski definition) is 1. The molecule has 0 aliphatic rings. The zero-order valence-electron chi connectivity index (χ0n) is 8.91. The first kappa shape index (κ1) is 11.5. The van der Waals surface area contributed by atoms with E-state index in [0.29, 0.717) is 5.92 Å². The van der Waals surface area contributed by atoms with Gasteiger partial charge in [-0.25, -0.2) is 0 Å². The van der Waals surface area contributed by atoms with Gasteiger partial charge in [0.15, 0.2) is 0 Å². The van der Waals surface area contributed by atoms with Crippen molar-refractivity contribution in [2.24, 2.45) is 5.92 Å². The van der Waals surface area contributed by atoms with Gasteiger partial charge in [-0.15, -0.1) is 0 Å². The maximum absolute atomic E-state index is 6.14. The van der Waals surface area contributed by atoms with E-state index in [1.807, 2.05) is 18.2 Å². The van der Waals surface area contributed by atoms with Gasteiger partial charge in [-0.1, -0.05) is 55.8 Å². The lowest BCUT2D eigenvalue weighted by atomic mass is 9.89. The van der Waals surface area contributed by atoms with Crippen LogP contribution in [0.3, 0.4) is 0 Å². The van der Waals surface area contributed by atoms with Crippen molar-refractivity contribution in [3.05, 3.63) is 35.9 Å². The van der Waals surface area contributed by atoms with Gasteiger partial charge in [0.1, 0.15) is 5.56 Å². The van der Waals surface area contributed by atoms with E-state index in [-0.39, 0.29) is 11.5 Å². The fourth-order valence-electron chi connectivity index (χ4n) is 1.66. The molecule has 0 N–H and O–H groups in total. The van der Waals surface area contributed by atoms with Crippen LogP contribution >= 0.6 is 11.6 Å². The molecule has 0 bridgehead atoms. The summed E-state index contributed by atoms with van der Waals surface area (Å²) in [6.45, 7) is 4.32. The van der Waals surface area contributed by atoms with Crippen molar-refractivity contribution < 1.29 is 4.74 Å². The minimum atomic E-state index is -0.252. The molecule has 0 amide bonds. The summed E-state index contributed by atoms with van der Waals surface area (Å²) in [4.78, 5) is 0. The van der Waals surface area contributed by atoms with Crippen LogP contribution in [0, 0.1) is 5.92 Å². The third-order valence-electron chi connectivity index (χ3n) is 2.41. The molecule has 1 nitrogen and oxygen atoms in total. The van der Waals surface area contributed by atoms with Crippen LogP contribution in [0.5, 0.6) is 0 Å². The Hall–Kier alpha value is -0.530. The van der Waals surface area contributed by atoms with E-state index in [0.717, 1.165) is 0 Å². The van der Waals surface area contributed by atoms with Gasteiger partial charge in [-0.05, 0) is 11.5 Å². The number of benzene rings is 1. The molecule has 0 heterocycles. The Labute approximate surface area is 91.0 Å². The average Bonchev–Trinajstić information content (AvgIpc) is 2.19. The Balaban J connectivity index is 2.89. The van der Waals surface area contributed by atoms with Crippen LogP contribution in [0.2, 0.25) is 0 Å². The van der Waals surface area contributed by atoms with Crippen molar-refractivity contribution >= 4 is 11.6 Å². The number of rotatable bonds is 4. The molecular formula is C12H17ClO. The van der Waals surface area contributed by atoms with E-state index >= 15 is 0 Å². The maximum atomic E-state index is 6.14. The van der Waals surface area contributed by atoms with Gasteiger partial charge < -0.3 is 4.74 Å². The summed E-state index contributed by atoms with van der Waals surface area (Å²) in [5, 5.41) is 0. The highest BCUT2D eigenvalue weighted by atomic mass is 35.5. The zero-order valence-corrected chi connectivity index (χ0v) is 9.66. The summed E-state index contributed by atoms with van der Waals surface area (Å²) in [5.41, 5.74) is 0.988. The summed E-state index contributed by atoms with van der Waals surface area (Å²) in [7, 11) is 1.65. The minimum absolute atomic E-state index is 0.252. The Bertz CT molecular complexity index is 258. The van der Waals surface area contributed by atoms with Crippen molar-refractivity contribution in [2.45, 2.75) is 25.3 Å². The lowest BCUT2D eigenvalue weighted by Crippen LogP contribution is -2.20. The van der Waals surface area contributed by atoms with E-state index in [1.54, 1.807) is 7.11 Å². The van der Waals surface area contributed by atoms with Gasteiger partial charge in [0.05, 0.1) is 0 Å². The molecule has 0 radical (unpaired) electrons. The van der Waals surface area contributed by atoms with Crippen LogP contribution in [-0.4, -0.2) is 12.7 Å². The number of halogens is 1. The molecular weight excluding hydrogens is 196 g/mol. The fraction of sp³-hybridized carbons (Fsp3) is 0.500. The predicted molar refractivity (Wildman–Crippen MR) is 60.7 cm³/mol. The maximum Gasteiger partial charge on any atom is 0.137 e. The van der Waals surface area contributed by atoms with E-state index in [1.165, 1.54) is 5.56 Å².